The number of hydrogen-bond donors (Lipinski definition) is 1. The van der Waals surface area contributed by atoms with Crippen LogP contribution in [-0.2, 0) is 11.2 Å². The molecule has 1 aliphatic heterocycles. The van der Waals surface area contributed by atoms with Gasteiger partial charge in [0.1, 0.15) is 5.82 Å². The topological polar surface area (TPSA) is 29.1 Å². The third kappa shape index (κ3) is 2.45. The lowest BCUT2D eigenvalue weighted by atomic mass is 10.0. The molecule has 1 amide bonds. The summed E-state index contributed by atoms with van der Waals surface area (Å²) in [6, 6.07) is 10.3. The first-order valence-corrected chi connectivity index (χ1v) is 7.35. The predicted octanol–water partition coefficient (Wildman–Crippen LogP) is 4.46. The molecule has 1 N–H and O–H groups in total. The molecule has 0 saturated heterocycles. The van der Waals surface area contributed by atoms with Crippen LogP contribution < -0.4 is 5.32 Å². The van der Waals surface area contributed by atoms with Crippen molar-refractivity contribution in [2.24, 2.45) is 0 Å². The number of benzene rings is 2. The van der Waals surface area contributed by atoms with Crippen molar-refractivity contribution in [1.82, 2.24) is 0 Å². The van der Waals surface area contributed by atoms with Gasteiger partial charge in [-0.05, 0) is 29.3 Å². The van der Waals surface area contributed by atoms with Gasteiger partial charge in [-0.1, -0.05) is 45.7 Å². The van der Waals surface area contributed by atoms with Crippen LogP contribution in [0, 0.1) is 5.82 Å². The molecular weight excluding hydrogens is 345 g/mol. The highest BCUT2D eigenvalue weighted by Gasteiger charge is 2.21. The van der Waals surface area contributed by atoms with Crippen LogP contribution in [0.4, 0.5) is 10.1 Å². The van der Waals surface area contributed by atoms with Gasteiger partial charge in [0, 0.05) is 16.3 Å². The van der Waals surface area contributed by atoms with Crippen molar-refractivity contribution in [1.29, 1.82) is 0 Å². The summed E-state index contributed by atoms with van der Waals surface area (Å²) in [6.07, 6.45) is 0.367. The van der Waals surface area contributed by atoms with E-state index in [1.807, 2.05) is 18.2 Å². The summed E-state index contributed by atoms with van der Waals surface area (Å²) in [5.74, 6) is -0.366. The number of rotatable bonds is 2. The molecule has 1 unspecified atom stereocenters. The van der Waals surface area contributed by atoms with Crippen molar-refractivity contribution in [3.8, 4) is 0 Å². The molecule has 5 heteroatoms. The highest BCUT2D eigenvalue weighted by Crippen LogP contribution is 2.36. The lowest BCUT2D eigenvalue weighted by Gasteiger charge is -2.13. The van der Waals surface area contributed by atoms with Crippen LogP contribution in [0.1, 0.15) is 21.5 Å². The molecule has 0 fully saturated rings. The Bertz CT molecular complexity index is 704. The molecule has 102 valence electrons. The third-order valence-corrected chi connectivity index (χ3v) is 4.54. The van der Waals surface area contributed by atoms with E-state index in [-0.39, 0.29) is 16.6 Å². The summed E-state index contributed by atoms with van der Waals surface area (Å²) in [5.41, 5.74) is 3.19. The second-order valence-corrected chi connectivity index (χ2v) is 6.02. The standard InChI is InChI=1S/C15H10BrClFNO/c16-15(11-3-2-10(17)7-12(11)18)8-1-4-13-9(5-8)6-14(20)19-13/h1-5,7,15H,6H2,(H,19,20). The Hall–Kier alpha value is -1.39. The Morgan fingerprint density at radius 2 is 2.05 bits per heavy atom. The smallest absolute Gasteiger partial charge is 0.228 e. The summed E-state index contributed by atoms with van der Waals surface area (Å²) in [7, 11) is 0. The molecule has 0 saturated carbocycles. The van der Waals surface area contributed by atoms with Crippen LogP contribution in [0.2, 0.25) is 5.02 Å². The average molecular weight is 355 g/mol. The number of anilines is 1. The second-order valence-electron chi connectivity index (χ2n) is 4.67. The van der Waals surface area contributed by atoms with E-state index in [1.165, 1.54) is 6.07 Å². The molecule has 2 aromatic carbocycles. The highest BCUT2D eigenvalue weighted by molar-refractivity contribution is 9.09. The Labute approximate surface area is 129 Å². The van der Waals surface area contributed by atoms with Gasteiger partial charge in [0.25, 0.3) is 0 Å². The zero-order chi connectivity index (χ0) is 14.3. The molecular formula is C15H10BrClFNO. The van der Waals surface area contributed by atoms with Gasteiger partial charge in [-0.3, -0.25) is 4.79 Å². The van der Waals surface area contributed by atoms with Crippen LogP contribution in [0.5, 0.6) is 0 Å². The number of fused-ring (bicyclic) bond motifs is 1. The summed E-state index contributed by atoms with van der Waals surface area (Å²) in [5, 5.41) is 3.15. The van der Waals surface area contributed by atoms with E-state index in [2.05, 4.69) is 21.2 Å². The molecule has 1 heterocycles. The summed E-state index contributed by atoms with van der Waals surface area (Å²) < 4.78 is 13.9. The van der Waals surface area contributed by atoms with Gasteiger partial charge in [0.05, 0.1) is 11.2 Å². The van der Waals surface area contributed by atoms with Crippen LogP contribution in [-0.4, -0.2) is 5.91 Å². The SMILES string of the molecule is O=C1Cc2cc(C(Br)c3ccc(Cl)cc3F)ccc2N1. The Kier molecular flexibility index (Phi) is 3.52. The Morgan fingerprint density at radius 3 is 2.80 bits per heavy atom. The maximum absolute atomic E-state index is 13.9. The molecule has 0 bridgehead atoms. The molecule has 0 aromatic heterocycles. The molecule has 1 aliphatic rings. The molecule has 2 nitrogen and oxygen atoms in total. The predicted molar refractivity (Wildman–Crippen MR) is 81.0 cm³/mol. The second kappa shape index (κ2) is 5.19. The van der Waals surface area contributed by atoms with E-state index < -0.39 is 0 Å². The minimum atomic E-state index is -0.353. The monoisotopic (exact) mass is 353 g/mol. The molecule has 2 aromatic rings. The number of carbonyl (C=O) groups is 1. The fourth-order valence-corrected chi connectivity index (χ4v) is 3.11. The molecule has 3 rings (SSSR count). The van der Waals surface area contributed by atoms with Crippen LogP contribution >= 0.6 is 27.5 Å². The maximum atomic E-state index is 13.9. The van der Waals surface area contributed by atoms with Gasteiger partial charge in [-0.2, -0.15) is 0 Å². The largest absolute Gasteiger partial charge is 0.326 e. The van der Waals surface area contributed by atoms with Crippen molar-refractivity contribution >= 4 is 39.1 Å². The van der Waals surface area contributed by atoms with Gasteiger partial charge in [-0.25, -0.2) is 4.39 Å². The van der Waals surface area contributed by atoms with Gasteiger partial charge < -0.3 is 5.32 Å². The molecule has 0 aliphatic carbocycles. The minimum absolute atomic E-state index is 0.0130. The average Bonchev–Trinajstić information content (AvgIpc) is 2.77. The van der Waals surface area contributed by atoms with Gasteiger partial charge in [0.2, 0.25) is 5.91 Å². The van der Waals surface area contributed by atoms with Gasteiger partial charge in [0.15, 0.2) is 0 Å². The van der Waals surface area contributed by atoms with E-state index in [0.717, 1.165) is 16.8 Å². The van der Waals surface area contributed by atoms with Crippen molar-refractivity contribution in [2.45, 2.75) is 11.2 Å². The Morgan fingerprint density at radius 1 is 1.25 bits per heavy atom. The Balaban J connectivity index is 1.97. The maximum Gasteiger partial charge on any atom is 0.228 e. The van der Waals surface area contributed by atoms with Crippen LogP contribution in [0.25, 0.3) is 0 Å². The number of carbonyl (C=O) groups excluding carboxylic acids is 1. The minimum Gasteiger partial charge on any atom is -0.326 e. The van der Waals surface area contributed by atoms with E-state index >= 15 is 0 Å². The first-order valence-electron chi connectivity index (χ1n) is 6.06. The zero-order valence-electron chi connectivity index (χ0n) is 10.3. The molecule has 0 spiro atoms. The van der Waals surface area contributed by atoms with Crippen LogP contribution in [0.3, 0.4) is 0 Å². The first-order chi connectivity index (χ1) is 9.54. The van der Waals surface area contributed by atoms with E-state index in [9.17, 15) is 9.18 Å². The number of halogens is 3. The number of nitrogens with one attached hydrogen (secondary N) is 1. The van der Waals surface area contributed by atoms with Crippen molar-refractivity contribution in [2.75, 3.05) is 5.32 Å². The summed E-state index contributed by atoms with van der Waals surface area (Å²) in [6.45, 7) is 0. The van der Waals surface area contributed by atoms with E-state index in [0.29, 0.717) is 17.0 Å². The zero-order valence-corrected chi connectivity index (χ0v) is 12.6. The van der Waals surface area contributed by atoms with Crippen molar-refractivity contribution in [3.63, 3.8) is 0 Å². The summed E-state index contributed by atoms with van der Waals surface area (Å²) >= 11 is 9.26. The molecule has 20 heavy (non-hydrogen) atoms. The quantitative estimate of drug-likeness (QED) is 0.793. The lowest BCUT2D eigenvalue weighted by molar-refractivity contribution is -0.115. The van der Waals surface area contributed by atoms with Crippen LogP contribution in [0.15, 0.2) is 36.4 Å². The number of amides is 1. The number of hydrogen-bond acceptors (Lipinski definition) is 1. The number of alkyl halides is 1. The highest BCUT2D eigenvalue weighted by atomic mass is 79.9. The van der Waals surface area contributed by atoms with Gasteiger partial charge >= 0.3 is 0 Å². The molecule has 0 radical (unpaired) electrons. The first kappa shape index (κ1) is 13.6. The van der Waals surface area contributed by atoms with Crippen molar-refractivity contribution < 1.29 is 9.18 Å². The van der Waals surface area contributed by atoms with E-state index in [4.69, 9.17) is 11.6 Å². The van der Waals surface area contributed by atoms with Crippen molar-refractivity contribution in [3.05, 3.63) is 63.9 Å². The summed E-state index contributed by atoms with van der Waals surface area (Å²) in [4.78, 5) is 11.1. The normalized spacial score (nSPS) is 14.8. The fourth-order valence-electron chi connectivity index (χ4n) is 2.29. The van der Waals surface area contributed by atoms with E-state index in [1.54, 1.807) is 12.1 Å². The third-order valence-electron chi connectivity index (χ3n) is 3.28. The van der Waals surface area contributed by atoms with Gasteiger partial charge in [-0.15, -0.1) is 0 Å². The fraction of sp³-hybridized carbons (Fsp3) is 0.133. The molecule has 1 atom stereocenters. The lowest BCUT2D eigenvalue weighted by Crippen LogP contribution is -2.03.